The summed E-state index contributed by atoms with van der Waals surface area (Å²) in [5, 5.41) is 0.384. The average molecular weight is 307 g/mol. The van der Waals surface area contributed by atoms with Crippen molar-refractivity contribution in [2.24, 2.45) is 0 Å². The molecule has 0 amide bonds. The molecule has 2 nitrogen and oxygen atoms in total. The topological polar surface area (TPSA) is 30.0 Å². The molecule has 0 saturated heterocycles. The van der Waals surface area contributed by atoms with Crippen LogP contribution in [0.25, 0.3) is 21.3 Å². The van der Waals surface area contributed by atoms with Crippen molar-refractivity contribution in [3.8, 4) is 11.1 Å². The van der Waals surface area contributed by atoms with Crippen LogP contribution in [0.15, 0.2) is 42.5 Å². The standard InChI is InChI=1S/C15H8F3NOS/c16-15(17,18)11-4-1-9(2-5-11)10-3-6-12-13(7-10)21-14(8-20)19-12/h1-8H. The van der Waals surface area contributed by atoms with E-state index in [9.17, 15) is 18.0 Å². The summed E-state index contributed by atoms with van der Waals surface area (Å²) >= 11 is 1.25. The van der Waals surface area contributed by atoms with Gasteiger partial charge in [-0.05, 0) is 35.4 Å². The molecule has 1 heterocycles. The van der Waals surface area contributed by atoms with Crippen LogP contribution >= 0.6 is 11.3 Å². The van der Waals surface area contributed by atoms with Crippen molar-refractivity contribution in [2.75, 3.05) is 0 Å². The monoisotopic (exact) mass is 307 g/mol. The largest absolute Gasteiger partial charge is 0.416 e. The molecule has 0 aliphatic rings. The number of nitrogens with zero attached hydrogens (tertiary/aromatic N) is 1. The first-order valence-electron chi connectivity index (χ1n) is 6.01. The van der Waals surface area contributed by atoms with Gasteiger partial charge in [0.05, 0.1) is 15.8 Å². The van der Waals surface area contributed by atoms with Gasteiger partial charge in [-0.1, -0.05) is 18.2 Å². The number of aldehydes is 1. The van der Waals surface area contributed by atoms with Crippen LogP contribution in [0.2, 0.25) is 0 Å². The van der Waals surface area contributed by atoms with Gasteiger partial charge < -0.3 is 0 Å². The Kier molecular flexibility index (Phi) is 3.25. The summed E-state index contributed by atoms with van der Waals surface area (Å²) in [6.07, 6.45) is -3.65. The van der Waals surface area contributed by atoms with Gasteiger partial charge in [-0.3, -0.25) is 4.79 Å². The predicted octanol–water partition coefficient (Wildman–Crippen LogP) is 4.79. The number of halogens is 3. The molecule has 3 rings (SSSR count). The van der Waals surface area contributed by atoms with E-state index in [2.05, 4.69) is 4.98 Å². The van der Waals surface area contributed by atoms with Gasteiger partial charge in [0.2, 0.25) is 0 Å². The van der Waals surface area contributed by atoms with E-state index in [1.54, 1.807) is 12.1 Å². The molecular formula is C15H8F3NOS. The van der Waals surface area contributed by atoms with Crippen LogP contribution in [0.3, 0.4) is 0 Å². The Labute approximate surface area is 121 Å². The Hall–Kier alpha value is -2.21. The number of carbonyl (C=O) groups excluding carboxylic acids is 1. The van der Waals surface area contributed by atoms with Gasteiger partial charge in [-0.2, -0.15) is 13.2 Å². The van der Waals surface area contributed by atoms with Gasteiger partial charge in [0.25, 0.3) is 0 Å². The van der Waals surface area contributed by atoms with E-state index in [4.69, 9.17) is 0 Å². The predicted molar refractivity (Wildman–Crippen MR) is 75.4 cm³/mol. The molecule has 21 heavy (non-hydrogen) atoms. The summed E-state index contributed by atoms with van der Waals surface area (Å²) in [5.74, 6) is 0. The zero-order valence-corrected chi connectivity index (χ0v) is 11.3. The highest BCUT2D eigenvalue weighted by Gasteiger charge is 2.29. The number of hydrogen-bond donors (Lipinski definition) is 0. The molecule has 0 radical (unpaired) electrons. The molecule has 0 bridgehead atoms. The summed E-state index contributed by atoms with van der Waals surface area (Å²) in [4.78, 5) is 14.8. The van der Waals surface area contributed by atoms with E-state index in [1.165, 1.54) is 23.5 Å². The second-order valence-electron chi connectivity index (χ2n) is 4.43. The fourth-order valence-electron chi connectivity index (χ4n) is 2.02. The van der Waals surface area contributed by atoms with Crippen molar-refractivity contribution >= 4 is 27.8 Å². The first-order valence-corrected chi connectivity index (χ1v) is 6.82. The molecule has 0 fully saturated rings. The fourth-order valence-corrected chi connectivity index (χ4v) is 2.85. The van der Waals surface area contributed by atoms with Gasteiger partial charge >= 0.3 is 6.18 Å². The summed E-state index contributed by atoms with van der Waals surface area (Å²) in [6, 6.07) is 10.3. The molecule has 106 valence electrons. The second kappa shape index (κ2) is 4.96. The third kappa shape index (κ3) is 2.67. The second-order valence-corrected chi connectivity index (χ2v) is 5.49. The van der Waals surface area contributed by atoms with Crippen LogP contribution in [0, 0.1) is 0 Å². The summed E-state index contributed by atoms with van der Waals surface area (Å²) < 4.78 is 38.4. The molecule has 0 atom stereocenters. The number of carbonyl (C=O) groups is 1. The average Bonchev–Trinajstić information content (AvgIpc) is 2.88. The van der Waals surface area contributed by atoms with E-state index >= 15 is 0 Å². The lowest BCUT2D eigenvalue weighted by Gasteiger charge is -2.07. The highest BCUT2D eigenvalue weighted by Crippen LogP contribution is 2.32. The Balaban J connectivity index is 2.01. The molecule has 2 aromatic carbocycles. The quantitative estimate of drug-likeness (QED) is 0.637. The molecule has 0 aliphatic heterocycles. The van der Waals surface area contributed by atoms with Gasteiger partial charge in [0.15, 0.2) is 11.3 Å². The number of hydrogen-bond acceptors (Lipinski definition) is 3. The van der Waals surface area contributed by atoms with Crippen LogP contribution in [0.1, 0.15) is 15.4 Å². The molecule has 0 spiro atoms. The van der Waals surface area contributed by atoms with Crippen molar-refractivity contribution < 1.29 is 18.0 Å². The van der Waals surface area contributed by atoms with Crippen molar-refractivity contribution in [1.82, 2.24) is 4.98 Å². The highest BCUT2D eigenvalue weighted by molar-refractivity contribution is 7.20. The molecule has 0 unspecified atom stereocenters. The summed E-state index contributed by atoms with van der Waals surface area (Å²) in [5.41, 5.74) is 1.51. The Bertz CT molecular complexity index is 806. The third-order valence-corrected chi connectivity index (χ3v) is 3.99. The van der Waals surface area contributed by atoms with Crippen molar-refractivity contribution in [3.63, 3.8) is 0 Å². The number of fused-ring (bicyclic) bond motifs is 1. The minimum atomic E-state index is -4.33. The minimum absolute atomic E-state index is 0.384. The molecule has 0 N–H and O–H groups in total. The maximum atomic E-state index is 12.5. The van der Waals surface area contributed by atoms with Crippen LogP contribution in [0.4, 0.5) is 13.2 Å². The number of rotatable bonds is 2. The van der Waals surface area contributed by atoms with Gasteiger partial charge in [0.1, 0.15) is 0 Å². The third-order valence-electron chi connectivity index (χ3n) is 3.05. The highest BCUT2D eigenvalue weighted by atomic mass is 32.1. The zero-order chi connectivity index (χ0) is 15.0. The fraction of sp³-hybridized carbons (Fsp3) is 0.0667. The Morgan fingerprint density at radius 3 is 2.29 bits per heavy atom. The summed E-state index contributed by atoms with van der Waals surface area (Å²) in [7, 11) is 0. The molecule has 3 aromatic rings. The molecular weight excluding hydrogens is 299 g/mol. The van der Waals surface area contributed by atoms with Gasteiger partial charge in [-0.15, -0.1) is 11.3 Å². The van der Waals surface area contributed by atoms with E-state index in [0.29, 0.717) is 22.4 Å². The van der Waals surface area contributed by atoms with Crippen LogP contribution in [-0.4, -0.2) is 11.3 Å². The maximum Gasteiger partial charge on any atom is 0.416 e. The molecule has 1 aromatic heterocycles. The van der Waals surface area contributed by atoms with Crippen LogP contribution in [0.5, 0.6) is 0 Å². The molecule has 0 aliphatic carbocycles. The number of aromatic nitrogens is 1. The van der Waals surface area contributed by atoms with Crippen molar-refractivity contribution in [1.29, 1.82) is 0 Å². The Morgan fingerprint density at radius 1 is 1.00 bits per heavy atom. The minimum Gasteiger partial charge on any atom is -0.295 e. The SMILES string of the molecule is O=Cc1nc2ccc(-c3ccc(C(F)(F)F)cc3)cc2s1. The van der Waals surface area contributed by atoms with E-state index < -0.39 is 11.7 Å². The van der Waals surface area contributed by atoms with Crippen molar-refractivity contribution in [2.45, 2.75) is 6.18 Å². The van der Waals surface area contributed by atoms with Gasteiger partial charge in [0, 0.05) is 0 Å². The summed E-state index contributed by atoms with van der Waals surface area (Å²) in [6.45, 7) is 0. The van der Waals surface area contributed by atoms with Crippen LogP contribution < -0.4 is 0 Å². The Morgan fingerprint density at radius 2 is 1.67 bits per heavy atom. The first-order chi connectivity index (χ1) is 9.97. The molecule has 6 heteroatoms. The number of alkyl halides is 3. The molecule has 0 saturated carbocycles. The number of benzene rings is 2. The lowest BCUT2D eigenvalue weighted by atomic mass is 10.0. The van der Waals surface area contributed by atoms with Crippen LogP contribution in [-0.2, 0) is 6.18 Å². The smallest absolute Gasteiger partial charge is 0.295 e. The van der Waals surface area contributed by atoms with E-state index in [0.717, 1.165) is 22.4 Å². The van der Waals surface area contributed by atoms with Gasteiger partial charge in [-0.25, -0.2) is 4.98 Å². The zero-order valence-electron chi connectivity index (χ0n) is 10.5. The maximum absolute atomic E-state index is 12.5. The van der Waals surface area contributed by atoms with E-state index in [1.807, 2.05) is 6.07 Å². The lowest BCUT2D eigenvalue weighted by molar-refractivity contribution is -0.137. The number of thiazole rings is 1. The van der Waals surface area contributed by atoms with E-state index in [-0.39, 0.29) is 0 Å². The normalized spacial score (nSPS) is 11.8. The lowest BCUT2D eigenvalue weighted by Crippen LogP contribution is -2.03. The van der Waals surface area contributed by atoms with Crippen molar-refractivity contribution in [3.05, 3.63) is 53.0 Å². The first kappa shape index (κ1) is 13.8.